The molecule has 0 spiro atoms. The Balaban J connectivity index is 1.87. The number of carbonyl (C=O) groups excluding carboxylic acids is 1. The molecule has 2 rings (SSSR count). The lowest BCUT2D eigenvalue weighted by atomic mass is 10.3. The SMILES string of the molecule is CN(C)CCN1CCN(c2nc(Cl)c(C=O)s2)CC1. The van der Waals surface area contributed by atoms with Crippen molar-refractivity contribution in [3.05, 3.63) is 10.0 Å². The first-order valence-corrected chi connectivity index (χ1v) is 7.53. The molecular weight excluding hydrogens is 284 g/mol. The molecule has 19 heavy (non-hydrogen) atoms. The Morgan fingerprint density at radius 3 is 2.58 bits per heavy atom. The van der Waals surface area contributed by atoms with Gasteiger partial charge in [0.25, 0.3) is 0 Å². The van der Waals surface area contributed by atoms with Crippen molar-refractivity contribution < 1.29 is 4.79 Å². The molecule has 1 saturated heterocycles. The van der Waals surface area contributed by atoms with E-state index in [2.05, 4.69) is 33.8 Å². The predicted octanol–water partition coefficient (Wildman–Crippen LogP) is 1.29. The van der Waals surface area contributed by atoms with Crippen molar-refractivity contribution in [2.24, 2.45) is 0 Å². The largest absolute Gasteiger partial charge is 0.345 e. The van der Waals surface area contributed by atoms with E-state index >= 15 is 0 Å². The van der Waals surface area contributed by atoms with Crippen LogP contribution in [0.3, 0.4) is 0 Å². The molecule has 0 aliphatic carbocycles. The molecule has 0 amide bonds. The number of piperazine rings is 1. The molecule has 0 atom stereocenters. The number of carbonyl (C=O) groups is 1. The van der Waals surface area contributed by atoms with Gasteiger partial charge in [-0.3, -0.25) is 9.69 Å². The number of halogens is 1. The third kappa shape index (κ3) is 3.89. The molecule has 0 N–H and O–H groups in total. The Bertz CT molecular complexity index is 429. The van der Waals surface area contributed by atoms with Crippen molar-refractivity contribution >= 4 is 34.4 Å². The van der Waals surface area contributed by atoms with Gasteiger partial charge in [-0.15, -0.1) is 0 Å². The van der Waals surface area contributed by atoms with Crippen LogP contribution in [-0.4, -0.2) is 74.4 Å². The van der Waals surface area contributed by atoms with E-state index in [9.17, 15) is 4.79 Å². The Labute approximate surface area is 122 Å². The molecule has 5 nitrogen and oxygen atoms in total. The van der Waals surface area contributed by atoms with Crippen LogP contribution in [0.1, 0.15) is 9.67 Å². The van der Waals surface area contributed by atoms with Gasteiger partial charge in [0.05, 0.1) is 0 Å². The first kappa shape index (κ1) is 14.7. The number of aldehydes is 1. The van der Waals surface area contributed by atoms with E-state index in [-0.39, 0.29) is 0 Å². The predicted molar refractivity (Wildman–Crippen MR) is 79.7 cm³/mol. The summed E-state index contributed by atoms with van der Waals surface area (Å²) in [6, 6.07) is 0. The van der Waals surface area contributed by atoms with E-state index in [0.29, 0.717) is 10.0 Å². The normalized spacial score (nSPS) is 17.2. The average molecular weight is 303 g/mol. The highest BCUT2D eigenvalue weighted by atomic mass is 35.5. The maximum absolute atomic E-state index is 10.8. The fraction of sp³-hybridized carbons (Fsp3) is 0.667. The molecule has 0 aromatic carbocycles. The number of anilines is 1. The summed E-state index contributed by atoms with van der Waals surface area (Å²) in [5.41, 5.74) is 0. The van der Waals surface area contributed by atoms with Gasteiger partial charge in [-0.05, 0) is 14.1 Å². The van der Waals surface area contributed by atoms with Crippen LogP contribution in [0.5, 0.6) is 0 Å². The smallest absolute Gasteiger partial charge is 0.187 e. The molecule has 1 aromatic heterocycles. The summed E-state index contributed by atoms with van der Waals surface area (Å²) in [5, 5.41) is 1.18. The fourth-order valence-electron chi connectivity index (χ4n) is 2.01. The number of hydrogen-bond donors (Lipinski definition) is 0. The third-order valence-electron chi connectivity index (χ3n) is 3.21. The second-order valence-corrected chi connectivity index (χ2v) is 6.27. The van der Waals surface area contributed by atoms with Crippen molar-refractivity contribution in [2.75, 3.05) is 58.3 Å². The molecule has 1 fully saturated rings. The maximum atomic E-state index is 10.8. The number of hydrogen-bond acceptors (Lipinski definition) is 6. The summed E-state index contributed by atoms with van der Waals surface area (Å²) in [6.07, 6.45) is 0.775. The quantitative estimate of drug-likeness (QED) is 0.767. The van der Waals surface area contributed by atoms with E-state index < -0.39 is 0 Å². The van der Waals surface area contributed by atoms with Crippen LogP contribution >= 0.6 is 22.9 Å². The number of nitrogens with zero attached hydrogens (tertiary/aromatic N) is 4. The molecule has 0 saturated carbocycles. The maximum Gasteiger partial charge on any atom is 0.187 e. The van der Waals surface area contributed by atoms with Crippen molar-refractivity contribution in [3.8, 4) is 0 Å². The second-order valence-electron chi connectivity index (χ2n) is 4.90. The zero-order valence-corrected chi connectivity index (χ0v) is 12.9. The van der Waals surface area contributed by atoms with Gasteiger partial charge >= 0.3 is 0 Å². The first-order chi connectivity index (χ1) is 9.10. The summed E-state index contributed by atoms with van der Waals surface area (Å²) in [4.78, 5) is 22.4. The standard InChI is InChI=1S/C12H19ClN4OS/c1-15(2)3-4-16-5-7-17(8-6-16)12-14-11(13)10(9-18)19-12/h9H,3-8H2,1-2H3. The van der Waals surface area contributed by atoms with E-state index in [4.69, 9.17) is 11.6 Å². The Morgan fingerprint density at radius 2 is 2.05 bits per heavy atom. The van der Waals surface area contributed by atoms with Crippen LogP contribution < -0.4 is 4.90 Å². The summed E-state index contributed by atoms with van der Waals surface area (Å²) < 4.78 is 0. The van der Waals surface area contributed by atoms with Crippen LogP contribution in [0.4, 0.5) is 5.13 Å². The molecule has 106 valence electrons. The summed E-state index contributed by atoms with van der Waals surface area (Å²) >= 11 is 7.28. The van der Waals surface area contributed by atoms with Crippen molar-refractivity contribution in [1.82, 2.24) is 14.8 Å². The van der Waals surface area contributed by atoms with Gasteiger partial charge in [-0.2, -0.15) is 0 Å². The Morgan fingerprint density at radius 1 is 1.37 bits per heavy atom. The number of rotatable bonds is 5. The molecule has 0 unspecified atom stereocenters. The van der Waals surface area contributed by atoms with E-state index in [1.165, 1.54) is 11.3 Å². The molecule has 0 bridgehead atoms. The lowest BCUT2D eigenvalue weighted by Crippen LogP contribution is -2.48. The van der Waals surface area contributed by atoms with Gasteiger partial charge < -0.3 is 9.80 Å². The van der Waals surface area contributed by atoms with E-state index in [1.54, 1.807) is 0 Å². The van der Waals surface area contributed by atoms with Gasteiger partial charge in [0.15, 0.2) is 16.6 Å². The molecule has 7 heteroatoms. The summed E-state index contributed by atoms with van der Waals surface area (Å²) in [7, 11) is 4.18. The highest BCUT2D eigenvalue weighted by Gasteiger charge is 2.20. The van der Waals surface area contributed by atoms with Gasteiger partial charge in [0, 0.05) is 39.3 Å². The van der Waals surface area contributed by atoms with Crippen LogP contribution in [0.25, 0.3) is 0 Å². The van der Waals surface area contributed by atoms with E-state index in [1.807, 2.05) is 0 Å². The highest BCUT2D eigenvalue weighted by molar-refractivity contribution is 7.17. The van der Waals surface area contributed by atoms with Crippen molar-refractivity contribution in [1.29, 1.82) is 0 Å². The Hall–Kier alpha value is -0.690. The minimum Gasteiger partial charge on any atom is -0.345 e. The molecule has 2 heterocycles. The number of likely N-dealkylation sites (N-methyl/N-ethyl adjacent to an activating group) is 1. The molecule has 0 radical (unpaired) electrons. The van der Waals surface area contributed by atoms with Crippen LogP contribution in [-0.2, 0) is 0 Å². The minimum atomic E-state index is 0.324. The zero-order chi connectivity index (χ0) is 13.8. The summed E-state index contributed by atoms with van der Waals surface area (Å²) in [5.74, 6) is 0. The van der Waals surface area contributed by atoms with Crippen LogP contribution in [0.15, 0.2) is 0 Å². The minimum absolute atomic E-state index is 0.324. The molecule has 1 aliphatic rings. The van der Waals surface area contributed by atoms with Crippen molar-refractivity contribution in [2.45, 2.75) is 0 Å². The van der Waals surface area contributed by atoms with Gasteiger partial charge in [0.2, 0.25) is 0 Å². The lowest BCUT2D eigenvalue weighted by molar-refractivity contribution is 0.112. The summed E-state index contributed by atoms with van der Waals surface area (Å²) in [6.45, 7) is 6.12. The number of thiazole rings is 1. The number of aromatic nitrogens is 1. The highest BCUT2D eigenvalue weighted by Crippen LogP contribution is 2.28. The van der Waals surface area contributed by atoms with Crippen LogP contribution in [0.2, 0.25) is 5.15 Å². The zero-order valence-electron chi connectivity index (χ0n) is 11.3. The van der Waals surface area contributed by atoms with Gasteiger partial charge in [-0.1, -0.05) is 22.9 Å². The van der Waals surface area contributed by atoms with E-state index in [0.717, 1.165) is 50.7 Å². The fourth-order valence-corrected chi connectivity index (χ4v) is 3.13. The topological polar surface area (TPSA) is 39.7 Å². The molecule has 1 aliphatic heterocycles. The monoisotopic (exact) mass is 302 g/mol. The first-order valence-electron chi connectivity index (χ1n) is 6.33. The van der Waals surface area contributed by atoms with Gasteiger partial charge in [-0.25, -0.2) is 4.98 Å². The molecule has 1 aromatic rings. The second kappa shape index (κ2) is 6.65. The third-order valence-corrected chi connectivity index (χ3v) is 4.65. The molecular formula is C12H19ClN4OS. The lowest BCUT2D eigenvalue weighted by Gasteiger charge is -2.34. The average Bonchev–Trinajstić information content (AvgIpc) is 2.78. The van der Waals surface area contributed by atoms with Gasteiger partial charge in [0.1, 0.15) is 4.88 Å². The van der Waals surface area contributed by atoms with Crippen LogP contribution in [0, 0.1) is 0 Å². The Kier molecular flexibility index (Phi) is 5.15. The van der Waals surface area contributed by atoms with Crippen molar-refractivity contribution in [3.63, 3.8) is 0 Å².